The molecule has 0 unspecified atom stereocenters. The summed E-state index contributed by atoms with van der Waals surface area (Å²) >= 11 is 0.699. The fourth-order valence-electron chi connectivity index (χ4n) is 2.00. The lowest BCUT2D eigenvalue weighted by Gasteiger charge is -2.11. The summed E-state index contributed by atoms with van der Waals surface area (Å²) in [4.78, 5) is -0.259. The summed E-state index contributed by atoms with van der Waals surface area (Å²) in [5, 5.41) is 6.22. The molecule has 130 valence electrons. The molecule has 0 amide bonds. The van der Waals surface area contributed by atoms with Gasteiger partial charge in [-0.25, -0.2) is 17.6 Å². The lowest BCUT2D eigenvalue weighted by molar-refractivity contribution is 0.423. The second-order valence-corrected chi connectivity index (χ2v) is 5.76. The monoisotopic (exact) mass is 369 g/mol. The van der Waals surface area contributed by atoms with E-state index in [9.17, 15) is 17.6 Å². The maximum absolute atomic E-state index is 14.1. The van der Waals surface area contributed by atoms with Crippen LogP contribution in [0, 0.1) is 23.3 Å². The third-order valence-electron chi connectivity index (χ3n) is 3.18. The highest BCUT2D eigenvalue weighted by Gasteiger charge is 2.13. The van der Waals surface area contributed by atoms with Gasteiger partial charge in [-0.2, -0.15) is 0 Å². The van der Waals surface area contributed by atoms with E-state index in [1.165, 1.54) is 12.3 Å². The summed E-state index contributed by atoms with van der Waals surface area (Å²) in [6.07, 6.45) is 1.31. The highest BCUT2D eigenvalue weighted by molar-refractivity contribution is 8.00. The van der Waals surface area contributed by atoms with Crippen LogP contribution < -0.4 is 10.0 Å². The molecule has 0 radical (unpaired) electrons. The number of hydrogen-bond acceptors (Lipinski definition) is 5. The Morgan fingerprint density at radius 3 is 2.40 bits per heavy atom. The summed E-state index contributed by atoms with van der Waals surface area (Å²) in [5.41, 5.74) is 0.149. The highest BCUT2D eigenvalue weighted by Crippen LogP contribution is 2.29. The maximum Gasteiger partial charge on any atom is 0.179 e. The van der Waals surface area contributed by atoms with Crippen LogP contribution in [0.3, 0.4) is 0 Å². The average molecular weight is 369 g/mol. The lowest BCUT2D eigenvalue weighted by Crippen LogP contribution is -2.04. The largest absolute Gasteiger partial charge is 0.381 e. The maximum atomic E-state index is 14.1. The Labute approximate surface area is 144 Å². The molecule has 0 fully saturated rings. The zero-order valence-corrected chi connectivity index (χ0v) is 13.3. The SMILES string of the molecule is Fc1ccc(F)c(CNc2cc(F)c(SNc3ccon3)c(F)c2)c1. The van der Waals surface area contributed by atoms with E-state index >= 15 is 0 Å². The molecule has 2 N–H and O–H groups in total. The molecule has 0 saturated heterocycles. The Morgan fingerprint density at radius 2 is 1.72 bits per heavy atom. The van der Waals surface area contributed by atoms with Gasteiger partial charge in [0.05, 0.1) is 0 Å². The molecule has 0 aliphatic heterocycles. The number of rotatable bonds is 6. The van der Waals surface area contributed by atoms with Crippen LogP contribution in [0.1, 0.15) is 5.56 Å². The smallest absolute Gasteiger partial charge is 0.179 e. The van der Waals surface area contributed by atoms with Crippen LogP contribution in [0.25, 0.3) is 0 Å². The van der Waals surface area contributed by atoms with Crippen LogP contribution in [0.5, 0.6) is 0 Å². The van der Waals surface area contributed by atoms with Gasteiger partial charge in [-0.15, -0.1) is 0 Å². The first-order chi connectivity index (χ1) is 12.0. The number of aromatic nitrogens is 1. The summed E-state index contributed by atoms with van der Waals surface area (Å²) in [6.45, 7) is -0.119. The fourth-order valence-corrected chi connectivity index (χ4v) is 2.63. The summed E-state index contributed by atoms with van der Waals surface area (Å²) < 4.78 is 62.1. The van der Waals surface area contributed by atoms with Gasteiger partial charge >= 0.3 is 0 Å². The minimum atomic E-state index is -0.816. The van der Waals surface area contributed by atoms with Crippen molar-refractivity contribution < 1.29 is 22.1 Å². The van der Waals surface area contributed by atoms with Crippen molar-refractivity contribution in [3.05, 3.63) is 71.5 Å². The van der Waals surface area contributed by atoms with Crippen molar-refractivity contribution in [3.63, 3.8) is 0 Å². The molecule has 2 aromatic carbocycles. The molecule has 0 spiro atoms. The number of nitrogens with one attached hydrogen (secondary N) is 2. The van der Waals surface area contributed by atoms with Crippen molar-refractivity contribution in [1.82, 2.24) is 5.16 Å². The van der Waals surface area contributed by atoms with E-state index in [1.54, 1.807) is 0 Å². The Balaban J connectivity index is 1.70. The topological polar surface area (TPSA) is 50.1 Å². The fraction of sp³-hybridized carbons (Fsp3) is 0.0625. The molecule has 0 aliphatic rings. The molecular formula is C16H11F4N3OS. The Hall–Kier alpha value is -2.68. The minimum absolute atomic E-state index is 0.0481. The molecule has 0 saturated carbocycles. The van der Waals surface area contributed by atoms with Gasteiger partial charge in [-0.1, -0.05) is 5.16 Å². The number of halogens is 4. The van der Waals surface area contributed by atoms with Gasteiger partial charge in [0.2, 0.25) is 0 Å². The van der Waals surface area contributed by atoms with E-state index < -0.39 is 23.3 Å². The third kappa shape index (κ3) is 4.24. The molecule has 9 heteroatoms. The van der Waals surface area contributed by atoms with Gasteiger partial charge in [-0.05, 0) is 42.3 Å². The number of benzene rings is 2. The van der Waals surface area contributed by atoms with Crippen LogP contribution >= 0.6 is 11.9 Å². The van der Waals surface area contributed by atoms with Crippen LogP contribution in [0.15, 0.2) is 52.1 Å². The molecule has 1 aromatic heterocycles. The second kappa shape index (κ2) is 7.47. The first-order valence-corrected chi connectivity index (χ1v) is 7.84. The first-order valence-electron chi connectivity index (χ1n) is 7.03. The van der Waals surface area contributed by atoms with E-state index in [2.05, 4.69) is 19.7 Å². The molecule has 0 aliphatic carbocycles. The van der Waals surface area contributed by atoms with Gasteiger partial charge in [0.15, 0.2) is 5.82 Å². The predicted octanol–water partition coefficient (Wildman–Crippen LogP) is 4.96. The van der Waals surface area contributed by atoms with Gasteiger partial charge in [0, 0.05) is 23.9 Å². The van der Waals surface area contributed by atoms with Crippen LogP contribution in [-0.2, 0) is 6.54 Å². The molecule has 3 rings (SSSR count). The lowest BCUT2D eigenvalue weighted by atomic mass is 10.2. The van der Waals surface area contributed by atoms with E-state index in [1.807, 2.05) is 0 Å². The Bertz CT molecular complexity index is 851. The van der Waals surface area contributed by atoms with Crippen molar-refractivity contribution in [1.29, 1.82) is 0 Å². The molecule has 0 bridgehead atoms. The number of hydrogen-bond donors (Lipinski definition) is 2. The normalized spacial score (nSPS) is 10.7. The van der Waals surface area contributed by atoms with Gasteiger partial charge < -0.3 is 14.6 Å². The average Bonchev–Trinajstić information content (AvgIpc) is 3.08. The molecular weight excluding hydrogens is 358 g/mol. The van der Waals surface area contributed by atoms with E-state index in [4.69, 9.17) is 0 Å². The molecule has 3 aromatic rings. The molecule has 4 nitrogen and oxygen atoms in total. The molecule has 0 atom stereocenters. The van der Waals surface area contributed by atoms with Gasteiger partial charge in [0.25, 0.3) is 0 Å². The predicted molar refractivity (Wildman–Crippen MR) is 86.0 cm³/mol. The van der Waals surface area contributed by atoms with Crippen LogP contribution in [0.4, 0.5) is 29.1 Å². The Kier molecular flexibility index (Phi) is 5.13. The zero-order valence-electron chi connectivity index (χ0n) is 12.5. The molecule has 1 heterocycles. The van der Waals surface area contributed by atoms with Crippen molar-refractivity contribution in [2.24, 2.45) is 0 Å². The van der Waals surface area contributed by atoms with E-state index in [0.717, 1.165) is 30.3 Å². The quantitative estimate of drug-likeness (QED) is 0.475. The van der Waals surface area contributed by atoms with Crippen LogP contribution in [0.2, 0.25) is 0 Å². The van der Waals surface area contributed by atoms with Gasteiger partial charge in [0.1, 0.15) is 34.4 Å². The van der Waals surface area contributed by atoms with Crippen molar-refractivity contribution >= 4 is 23.5 Å². The molecule has 25 heavy (non-hydrogen) atoms. The van der Waals surface area contributed by atoms with Gasteiger partial charge in [-0.3, -0.25) is 0 Å². The minimum Gasteiger partial charge on any atom is -0.381 e. The Morgan fingerprint density at radius 1 is 0.960 bits per heavy atom. The van der Waals surface area contributed by atoms with Crippen molar-refractivity contribution in [2.75, 3.05) is 10.0 Å². The van der Waals surface area contributed by atoms with Crippen molar-refractivity contribution in [2.45, 2.75) is 11.4 Å². The first kappa shape index (κ1) is 17.2. The zero-order chi connectivity index (χ0) is 17.8. The van der Waals surface area contributed by atoms with Crippen LogP contribution in [-0.4, -0.2) is 5.16 Å². The summed E-state index contributed by atoms with van der Waals surface area (Å²) in [6, 6.07) is 6.61. The van der Waals surface area contributed by atoms with Crippen molar-refractivity contribution in [3.8, 4) is 0 Å². The number of nitrogens with zero attached hydrogens (tertiary/aromatic N) is 1. The second-order valence-electron chi connectivity index (χ2n) is 4.95. The highest BCUT2D eigenvalue weighted by atomic mass is 32.2. The van der Waals surface area contributed by atoms with E-state index in [-0.39, 0.29) is 22.7 Å². The summed E-state index contributed by atoms with van der Waals surface area (Å²) in [7, 11) is 0. The van der Waals surface area contributed by atoms with E-state index in [0.29, 0.717) is 17.8 Å². The summed E-state index contributed by atoms with van der Waals surface area (Å²) in [5.74, 6) is -2.53. The third-order valence-corrected chi connectivity index (χ3v) is 4.09. The standard InChI is InChI=1S/C16H11F4N3OS/c17-10-1-2-12(18)9(5-10)8-21-11-6-13(19)16(14(20)7-11)25-23-15-3-4-24-22-15/h1-7,21H,8H2,(H,22,23). The number of anilines is 2.